The average Bonchev–Trinajstić information content (AvgIpc) is 3.42. The van der Waals surface area contributed by atoms with E-state index in [1.165, 1.54) is 34.2 Å². The van der Waals surface area contributed by atoms with Crippen LogP contribution in [0.4, 0.5) is 11.5 Å². The van der Waals surface area contributed by atoms with Crippen LogP contribution in [0.3, 0.4) is 0 Å². The van der Waals surface area contributed by atoms with Gasteiger partial charge in [-0.2, -0.15) is 15.2 Å². The number of aliphatic hydroxyl groups excluding tert-OH is 1. The molecular weight excluding hydrogens is 590 g/mol. The van der Waals surface area contributed by atoms with Gasteiger partial charge in [0.05, 0.1) is 37.4 Å². The van der Waals surface area contributed by atoms with Gasteiger partial charge in [0.2, 0.25) is 5.91 Å². The molecule has 0 bridgehead atoms. The van der Waals surface area contributed by atoms with E-state index < -0.39 is 0 Å². The number of piperazine rings is 1. The Hall–Kier alpha value is -4.20. The summed E-state index contributed by atoms with van der Waals surface area (Å²) < 4.78 is 6.71. The minimum atomic E-state index is -0.296. The van der Waals surface area contributed by atoms with Gasteiger partial charge in [-0.1, -0.05) is 50.3 Å². The summed E-state index contributed by atoms with van der Waals surface area (Å²) in [6, 6.07) is 15.6. The fourth-order valence-corrected chi connectivity index (χ4v) is 7.84. The van der Waals surface area contributed by atoms with Gasteiger partial charge in [-0.05, 0) is 56.2 Å². The molecule has 2 fully saturated rings. The molecule has 0 aliphatic carbocycles. The van der Waals surface area contributed by atoms with Crippen LogP contribution in [0.25, 0.3) is 10.8 Å². The lowest BCUT2D eigenvalue weighted by Gasteiger charge is -2.42. The molecule has 1 amide bonds. The molecule has 47 heavy (non-hydrogen) atoms. The minimum absolute atomic E-state index is 0.0321. The smallest absolute Gasteiger partial charge is 0.319 e. The third kappa shape index (κ3) is 6.78. The van der Waals surface area contributed by atoms with E-state index in [1.54, 1.807) is 4.90 Å². The maximum atomic E-state index is 12.9. The predicted molar refractivity (Wildman–Crippen MR) is 185 cm³/mol. The van der Waals surface area contributed by atoms with Gasteiger partial charge >= 0.3 is 6.01 Å². The van der Waals surface area contributed by atoms with E-state index in [4.69, 9.17) is 14.7 Å². The van der Waals surface area contributed by atoms with Crippen molar-refractivity contribution in [1.82, 2.24) is 19.8 Å². The normalized spacial score (nSPS) is 22.5. The standard InChI is InChI=1S/C37H47N7O3/c1-5-33(32-21-25(2)22-41(32)4)47-37-39-30-24-42(31-12-7-11-27-10-6-9-26(3)35(27)31)17-15-29(30)36(40-37)43-18-19-44(28(23-43)14-16-38)34(46)13-8-20-45/h6-13,25,28,32-33,45H,5,14-15,17-24H2,1-4H3/b13-8+/t25-,28+,32-,33?/m1/s1. The Labute approximate surface area is 278 Å². The fourth-order valence-electron chi connectivity index (χ4n) is 7.84. The number of fused-ring (bicyclic) bond motifs is 2. The zero-order valence-electron chi connectivity index (χ0n) is 28.1. The Morgan fingerprint density at radius 1 is 1.15 bits per heavy atom. The number of aromatic nitrogens is 2. The second-order valence-corrected chi connectivity index (χ2v) is 13.4. The number of anilines is 2. The number of benzene rings is 2. The maximum Gasteiger partial charge on any atom is 0.319 e. The van der Waals surface area contributed by atoms with E-state index in [0.29, 0.717) is 44.1 Å². The Morgan fingerprint density at radius 2 is 1.96 bits per heavy atom. The molecule has 1 N–H and O–H groups in total. The van der Waals surface area contributed by atoms with Crippen LogP contribution in [0.5, 0.6) is 6.01 Å². The topological polar surface area (TPSA) is 109 Å². The lowest BCUT2D eigenvalue weighted by molar-refractivity contribution is -0.128. The van der Waals surface area contributed by atoms with Gasteiger partial charge in [-0.25, -0.2) is 0 Å². The Kier molecular flexibility index (Phi) is 9.95. The Balaban J connectivity index is 1.36. The molecule has 4 heterocycles. The number of carbonyl (C=O) groups excluding carboxylic acids is 1. The summed E-state index contributed by atoms with van der Waals surface area (Å²) in [5.41, 5.74) is 4.53. The SMILES string of the molecule is CCC(Oc1nc2c(c(N3CCN(C(=O)/C=C/CO)[C@@H](CC#N)C3)n1)CCN(c1cccc3cccc(C)c13)C2)[C@H]1C[C@@H](C)CN1C. The van der Waals surface area contributed by atoms with Crippen molar-refractivity contribution in [1.29, 1.82) is 5.26 Å². The molecule has 3 aromatic rings. The molecule has 10 heteroatoms. The van der Waals surface area contributed by atoms with Gasteiger partial charge in [0.1, 0.15) is 11.9 Å². The molecule has 4 atom stereocenters. The number of hydrogen-bond donors (Lipinski definition) is 1. The third-order valence-corrected chi connectivity index (χ3v) is 10.1. The number of amides is 1. The van der Waals surface area contributed by atoms with Crippen molar-refractivity contribution in [3.8, 4) is 12.1 Å². The lowest BCUT2D eigenvalue weighted by Crippen LogP contribution is -2.55. The van der Waals surface area contributed by atoms with Crippen molar-refractivity contribution in [2.75, 3.05) is 56.2 Å². The van der Waals surface area contributed by atoms with Crippen LogP contribution < -0.4 is 14.5 Å². The molecule has 6 rings (SSSR count). The molecule has 10 nitrogen and oxygen atoms in total. The highest BCUT2D eigenvalue weighted by Crippen LogP contribution is 2.36. The first-order valence-electron chi connectivity index (χ1n) is 17.0. The molecule has 3 aliphatic rings. The number of aliphatic hydroxyl groups is 1. The van der Waals surface area contributed by atoms with E-state index in [2.05, 4.69) is 85.0 Å². The second-order valence-electron chi connectivity index (χ2n) is 13.4. The highest BCUT2D eigenvalue weighted by molar-refractivity contribution is 5.97. The number of rotatable bonds is 9. The summed E-state index contributed by atoms with van der Waals surface area (Å²) in [5.74, 6) is 1.28. The van der Waals surface area contributed by atoms with Crippen LogP contribution in [0.2, 0.25) is 0 Å². The van der Waals surface area contributed by atoms with Gasteiger partial charge in [0.25, 0.3) is 0 Å². The average molecular weight is 638 g/mol. The molecular formula is C37H47N7O3. The summed E-state index contributed by atoms with van der Waals surface area (Å²) in [4.78, 5) is 31.9. The first-order valence-corrected chi connectivity index (χ1v) is 17.0. The minimum Gasteiger partial charge on any atom is -0.458 e. The number of nitriles is 1. The van der Waals surface area contributed by atoms with Crippen molar-refractivity contribution in [2.24, 2.45) is 5.92 Å². The number of nitrogens with zero attached hydrogens (tertiary/aromatic N) is 7. The monoisotopic (exact) mass is 637 g/mol. The molecule has 2 aromatic carbocycles. The van der Waals surface area contributed by atoms with Crippen molar-refractivity contribution in [3.05, 3.63) is 65.4 Å². The van der Waals surface area contributed by atoms with Gasteiger partial charge in [0.15, 0.2) is 0 Å². The molecule has 2 saturated heterocycles. The van der Waals surface area contributed by atoms with Crippen LogP contribution in [0, 0.1) is 24.2 Å². The van der Waals surface area contributed by atoms with Crippen LogP contribution >= 0.6 is 0 Å². The lowest BCUT2D eigenvalue weighted by atomic mass is 9.99. The molecule has 0 radical (unpaired) electrons. The molecule has 0 saturated carbocycles. The highest BCUT2D eigenvalue weighted by atomic mass is 16.5. The number of aryl methyl sites for hydroxylation is 1. The largest absolute Gasteiger partial charge is 0.458 e. The van der Waals surface area contributed by atoms with Crippen LogP contribution in [-0.2, 0) is 17.8 Å². The zero-order valence-corrected chi connectivity index (χ0v) is 28.1. The van der Waals surface area contributed by atoms with E-state index >= 15 is 0 Å². The van der Waals surface area contributed by atoms with Crippen molar-refractivity contribution in [2.45, 2.75) is 71.2 Å². The van der Waals surface area contributed by atoms with Crippen LogP contribution in [0.15, 0.2) is 48.6 Å². The number of ether oxygens (including phenoxy) is 1. The first-order chi connectivity index (χ1) is 22.8. The molecule has 248 valence electrons. The second kappa shape index (κ2) is 14.3. The molecule has 0 spiro atoms. The Morgan fingerprint density at radius 3 is 2.68 bits per heavy atom. The summed E-state index contributed by atoms with van der Waals surface area (Å²) in [6.07, 6.45) is 5.73. The van der Waals surface area contributed by atoms with Crippen molar-refractivity contribution < 1.29 is 14.6 Å². The van der Waals surface area contributed by atoms with E-state index in [0.717, 1.165) is 49.4 Å². The van der Waals surface area contributed by atoms with E-state index in [1.807, 2.05) is 0 Å². The van der Waals surface area contributed by atoms with Gasteiger partial charge in [-0.3, -0.25) is 9.69 Å². The number of likely N-dealkylation sites (tertiary alicyclic amines) is 1. The highest BCUT2D eigenvalue weighted by Gasteiger charge is 2.36. The van der Waals surface area contributed by atoms with Gasteiger partial charge in [-0.15, -0.1) is 0 Å². The number of likely N-dealkylation sites (N-methyl/N-ethyl adjacent to an activating group) is 1. The number of carbonyl (C=O) groups is 1. The molecule has 1 unspecified atom stereocenters. The van der Waals surface area contributed by atoms with Crippen LogP contribution in [-0.4, -0.2) is 95.3 Å². The van der Waals surface area contributed by atoms with Crippen molar-refractivity contribution in [3.63, 3.8) is 0 Å². The molecule has 1 aromatic heterocycles. The summed E-state index contributed by atoms with van der Waals surface area (Å²) in [5, 5.41) is 21.4. The van der Waals surface area contributed by atoms with E-state index in [9.17, 15) is 15.2 Å². The fraction of sp³-hybridized carbons (Fsp3) is 0.514. The zero-order chi connectivity index (χ0) is 33.1. The first kappa shape index (κ1) is 32.7. The quantitative estimate of drug-likeness (QED) is 0.340. The van der Waals surface area contributed by atoms with Crippen LogP contribution in [0.1, 0.15) is 49.9 Å². The predicted octanol–water partition coefficient (Wildman–Crippen LogP) is 4.48. The summed E-state index contributed by atoms with van der Waals surface area (Å²) in [6.45, 7) is 10.5. The van der Waals surface area contributed by atoms with E-state index in [-0.39, 0.29) is 31.1 Å². The maximum absolute atomic E-state index is 12.9. The van der Waals surface area contributed by atoms with Gasteiger partial charge < -0.3 is 24.5 Å². The Bertz CT molecular complexity index is 1660. The third-order valence-electron chi connectivity index (χ3n) is 10.1. The molecule has 3 aliphatic heterocycles. The summed E-state index contributed by atoms with van der Waals surface area (Å²) in [7, 11) is 2.18. The number of hydrogen-bond acceptors (Lipinski definition) is 9. The summed E-state index contributed by atoms with van der Waals surface area (Å²) >= 11 is 0. The van der Waals surface area contributed by atoms with Crippen molar-refractivity contribution >= 4 is 28.2 Å². The van der Waals surface area contributed by atoms with Gasteiger partial charge in [0, 0.05) is 61.5 Å².